The molecule has 10 rings (SSSR count). The van der Waals surface area contributed by atoms with Gasteiger partial charge in [0, 0.05) is 54.2 Å². The number of carbonyl (C=O) groups is 1. The number of ether oxygens (including phenoxy) is 1. The summed E-state index contributed by atoms with van der Waals surface area (Å²) < 4.78 is 10.1. The van der Waals surface area contributed by atoms with Crippen LogP contribution in [-0.4, -0.2) is 84.6 Å². The molecule has 14 heteroatoms. The summed E-state index contributed by atoms with van der Waals surface area (Å²) in [7, 11) is 0. The summed E-state index contributed by atoms with van der Waals surface area (Å²) in [5, 5.41) is 41.5. The van der Waals surface area contributed by atoms with Crippen LogP contribution in [-0.2, 0) is 17.7 Å². The number of fused-ring (bicyclic) bond motifs is 2. The zero-order valence-corrected chi connectivity index (χ0v) is 34.9. The molecule has 1 aliphatic heterocycles. The molecule has 1 aromatic carbocycles. The van der Waals surface area contributed by atoms with Crippen molar-refractivity contribution in [1.82, 2.24) is 35.3 Å². The molecule has 4 saturated carbocycles. The van der Waals surface area contributed by atoms with Gasteiger partial charge in [-0.15, -0.1) is 10.2 Å². The summed E-state index contributed by atoms with van der Waals surface area (Å²) in [6.45, 7) is 13.1. The fourth-order valence-corrected chi connectivity index (χ4v) is 13.0. The van der Waals surface area contributed by atoms with E-state index in [2.05, 4.69) is 52.4 Å². The zero-order chi connectivity index (χ0) is 40.3. The molecule has 4 bridgehead atoms. The Labute approximate surface area is 343 Å². The molecule has 4 aliphatic carbocycles. The molecule has 0 saturated heterocycles. The van der Waals surface area contributed by atoms with Crippen molar-refractivity contribution in [2.75, 3.05) is 43.1 Å². The van der Waals surface area contributed by atoms with Gasteiger partial charge in [0.1, 0.15) is 5.82 Å². The number of para-hydroxylation sites is 1. The van der Waals surface area contributed by atoms with Crippen molar-refractivity contribution in [3.8, 4) is 11.1 Å². The molecule has 5 aliphatic rings. The first kappa shape index (κ1) is 39.0. The number of hydrogen-bond acceptors (Lipinski definition) is 12. The molecule has 2 atom stereocenters. The number of unbranched alkanes of at least 4 members (excludes halogenated alkanes) is 1. The minimum absolute atomic E-state index is 0.00164. The number of thiazole rings is 1. The molecule has 0 spiro atoms. The molecular formula is C44H55N9O4S. The quantitative estimate of drug-likeness (QED) is 0.0756. The second-order valence-corrected chi connectivity index (χ2v) is 19.4. The molecule has 306 valence electrons. The number of carboxylic acids is 1. The van der Waals surface area contributed by atoms with E-state index in [1.54, 1.807) is 11.3 Å². The first-order chi connectivity index (χ1) is 27.9. The summed E-state index contributed by atoms with van der Waals surface area (Å²) in [6.07, 6.45) is 12.0. The lowest BCUT2D eigenvalue weighted by Gasteiger charge is -2.69. The Balaban J connectivity index is 0.948. The Hall–Kier alpha value is -4.50. The molecule has 4 aromatic heterocycles. The van der Waals surface area contributed by atoms with Gasteiger partial charge in [0.15, 0.2) is 22.5 Å². The number of aliphatic hydroxyl groups excluding tert-OH is 1. The number of rotatable bonds is 15. The van der Waals surface area contributed by atoms with Crippen LogP contribution in [0.15, 0.2) is 42.6 Å². The van der Waals surface area contributed by atoms with Crippen molar-refractivity contribution in [2.24, 2.45) is 16.2 Å². The fourth-order valence-electron chi connectivity index (χ4n) is 12.1. The molecule has 5 heterocycles. The molecule has 58 heavy (non-hydrogen) atoms. The van der Waals surface area contributed by atoms with Gasteiger partial charge in [-0.3, -0.25) is 4.68 Å². The molecule has 4 fully saturated rings. The highest BCUT2D eigenvalue weighted by atomic mass is 32.1. The first-order valence-electron chi connectivity index (χ1n) is 20.9. The second-order valence-electron chi connectivity index (χ2n) is 18.4. The van der Waals surface area contributed by atoms with Crippen LogP contribution in [0.1, 0.15) is 98.9 Å². The van der Waals surface area contributed by atoms with Gasteiger partial charge in [-0.1, -0.05) is 37.3 Å². The molecular weight excluding hydrogens is 751 g/mol. The number of aromatic nitrogens is 6. The SMILES string of the molecule is Cc1c(Nc2nc3ccccc3s2)nnc2c1CCCN2c1ccc(-c2cnn(CC34CC5(C)CC(C)(C3)CC(OCCNCCCCO)(C5)C4)c2C)c(C(=O)O)n1. The third-order valence-corrected chi connectivity index (χ3v) is 14.2. The number of aromatic carboxylic acids is 1. The normalized spacial score (nSPS) is 26.1. The van der Waals surface area contributed by atoms with E-state index in [0.717, 1.165) is 115 Å². The number of nitrogens with one attached hydrogen (secondary N) is 2. The predicted molar refractivity (Wildman–Crippen MR) is 226 cm³/mol. The van der Waals surface area contributed by atoms with Gasteiger partial charge >= 0.3 is 5.97 Å². The Morgan fingerprint density at radius 3 is 2.53 bits per heavy atom. The number of aliphatic hydroxyl groups is 1. The lowest BCUT2D eigenvalue weighted by Crippen LogP contribution is -2.64. The van der Waals surface area contributed by atoms with Crippen LogP contribution in [0.4, 0.5) is 22.6 Å². The first-order valence-corrected chi connectivity index (χ1v) is 21.7. The van der Waals surface area contributed by atoms with Crippen LogP contribution in [0.25, 0.3) is 21.3 Å². The molecule has 13 nitrogen and oxygen atoms in total. The molecule has 5 aromatic rings. The van der Waals surface area contributed by atoms with Crippen LogP contribution in [0, 0.1) is 30.1 Å². The third kappa shape index (κ3) is 7.26. The maximum absolute atomic E-state index is 12.9. The van der Waals surface area contributed by atoms with Crippen LogP contribution in [0.5, 0.6) is 0 Å². The maximum atomic E-state index is 12.9. The molecule has 0 amide bonds. The topological polar surface area (TPSA) is 163 Å². The van der Waals surface area contributed by atoms with Gasteiger partial charge in [0.25, 0.3) is 0 Å². The predicted octanol–water partition coefficient (Wildman–Crippen LogP) is 7.99. The lowest BCUT2D eigenvalue weighted by molar-refractivity contribution is -0.247. The third-order valence-electron chi connectivity index (χ3n) is 13.2. The number of benzene rings is 1. The summed E-state index contributed by atoms with van der Waals surface area (Å²) in [6, 6.07) is 11.8. The average molecular weight is 806 g/mol. The summed E-state index contributed by atoms with van der Waals surface area (Å²) in [5.41, 5.74) is 5.62. The second kappa shape index (κ2) is 15.0. The molecule has 2 unspecified atom stereocenters. The number of anilines is 4. The van der Waals surface area contributed by atoms with E-state index in [4.69, 9.17) is 24.9 Å². The summed E-state index contributed by atoms with van der Waals surface area (Å²) in [5.74, 6) is 0.823. The Morgan fingerprint density at radius 1 is 0.948 bits per heavy atom. The van der Waals surface area contributed by atoms with E-state index in [1.807, 2.05) is 48.4 Å². The van der Waals surface area contributed by atoms with Crippen LogP contribution < -0.4 is 15.5 Å². The number of carboxylic acid groups (broad SMARTS) is 1. The number of pyridine rings is 1. The largest absolute Gasteiger partial charge is 0.476 e. The van der Waals surface area contributed by atoms with Gasteiger partial charge < -0.3 is 30.5 Å². The number of nitrogens with zero attached hydrogens (tertiary/aromatic N) is 7. The minimum Gasteiger partial charge on any atom is -0.476 e. The zero-order valence-electron chi connectivity index (χ0n) is 34.1. The fraction of sp³-hybridized carbons (Fsp3) is 0.545. The van der Waals surface area contributed by atoms with E-state index >= 15 is 0 Å². The van der Waals surface area contributed by atoms with Gasteiger partial charge in [0.2, 0.25) is 0 Å². The van der Waals surface area contributed by atoms with Gasteiger partial charge in [-0.25, -0.2) is 14.8 Å². The van der Waals surface area contributed by atoms with Crippen molar-refractivity contribution in [3.63, 3.8) is 0 Å². The van der Waals surface area contributed by atoms with E-state index in [0.29, 0.717) is 36.2 Å². The van der Waals surface area contributed by atoms with Crippen molar-refractivity contribution in [3.05, 3.63) is 65.1 Å². The lowest BCUT2D eigenvalue weighted by atomic mass is 9.39. The highest BCUT2D eigenvalue weighted by molar-refractivity contribution is 7.22. The number of hydrogen-bond donors (Lipinski definition) is 4. The molecule has 4 N–H and O–H groups in total. The van der Waals surface area contributed by atoms with Crippen molar-refractivity contribution < 1.29 is 19.7 Å². The molecule has 0 radical (unpaired) electrons. The minimum atomic E-state index is -1.08. The van der Waals surface area contributed by atoms with E-state index < -0.39 is 5.97 Å². The van der Waals surface area contributed by atoms with Crippen molar-refractivity contribution >= 4 is 50.1 Å². The van der Waals surface area contributed by atoms with Crippen molar-refractivity contribution in [2.45, 2.75) is 104 Å². The van der Waals surface area contributed by atoms with Crippen LogP contribution in [0.2, 0.25) is 0 Å². The van der Waals surface area contributed by atoms with Gasteiger partial charge in [0.05, 0.1) is 28.6 Å². The standard InChI is InChI=1S/C44H55N9O4S/c1-28-30-10-9-17-52(38(30)51-50-37(28)49-40-47-33-11-5-6-12-34(33)58-40)35-14-13-31(36(48-35)39(55)56)32-20-46-53(29(32)2)27-43-22-41(3)21-42(4,23-43)25-44(24-41,26-43)57-19-16-45-15-7-8-18-54/h5-6,11-14,20,45,54H,7-10,15-19,21-27H2,1-4H3,(H,55,56)(H,47,49,50). The average Bonchev–Trinajstić information content (AvgIpc) is 3.75. The maximum Gasteiger partial charge on any atom is 0.355 e. The van der Waals surface area contributed by atoms with Crippen LogP contribution >= 0.6 is 11.3 Å². The van der Waals surface area contributed by atoms with Gasteiger partial charge in [-0.2, -0.15) is 5.10 Å². The smallest absolute Gasteiger partial charge is 0.355 e. The van der Waals surface area contributed by atoms with Crippen LogP contribution in [0.3, 0.4) is 0 Å². The highest BCUT2D eigenvalue weighted by Crippen LogP contribution is 2.72. The van der Waals surface area contributed by atoms with Gasteiger partial charge in [-0.05, 0) is 125 Å². The Kier molecular flexibility index (Phi) is 10.1. The van der Waals surface area contributed by atoms with E-state index in [-0.39, 0.29) is 34.1 Å². The summed E-state index contributed by atoms with van der Waals surface area (Å²) >= 11 is 1.58. The van der Waals surface area contributed by atoms with E-state index in [9.17, 15) is 9.90 Å². The van der Waals surface area contributed by atoms with Crippen molar-refractivity contribution in [1.29, 1.82) is 0 Å². The Morgan fingerprint density at radius 2 is 1.76 bits per heavy atom. The monoisotopic (exact) mass is 805 g/mol. The van der Waals surface area contributed by atoms with E-state index in [1.165, 1.54) is 6.42 Å². The highest BCUT2D eigenvalue weighted by Gasteiger charge is 2.66. The Bertz CT molecular complexity index is 2310. The summed E-state index contributed by atoms with van der Waals surface area (Å²) in [4.78, 5) is 24.4.